The lowest BCUT2D eigenvalue weighted by Crippen LogP contribution is -2.17. The molecule has 0 bridgehead atoms. The van der Waals surface area contributed by atoms with E-state index in [9.17, 15) is 5.11 Å². The number of nitrogens with zero attached hydrogens (tertiary/aromatic N) is 3. The SMILES string of the molecule is [2H]C([2H])([2H])C(c1cc(-c2cc(-c3ccccc3)ccn2)cc(-c2cccc3c2nc(-c2cc(C(C)(C)C)cc(C(C)(C)C)c2O)n3-c2ccc(-c3ccccc3)cc2-c2ccccc2)c1)(C([2H])([2H])[2H])C([2H])([2H])[2H]. The zero-order valence-electron chi connectivity index (χ0n) is 46.0. The van der Waals surface area contributed by atoms with Gasteiger partial charge in [-0.1, -0.05) is 183 Å². The number of phenolic OH excluding ortho intramolecular Hbond substituents is 1. The zero-order valence-corrected chi connectivity index (χ0v) is 37.0. The van der Waals surface area contributed by atoms with Gasteiger partial charge in [0.05, 0.1) is 28.0 Å². The summed E-state index contributed by atoms with van der Waals surface area (Å²) in [5.74, 6) is 0.476. The summed E-state index contributed by atoms with van der Waals surface area (Å²) in [6, 6.07) is 53.8. The zero-order chi connectivity index (χ0) is 52.5. The normalized spacial score (nSPS) is 14.9. The van der Waals surface area contributed by atoms with Gasteiger partial charge in [-0.2, -0.15) is 0 Å². The van der Waals surface area contributed by atoms with E-state index in [0.717, 1.165) is 50.2 Å². The maximum Gasteiger partial charge on any atom is 0.149 e. The lowest BCUT2D eigenvalue weighted by atomic mass is 9.79. The summed E-state index contributed by atoms with van der Waals surface area (Å²) >= 11 is 0. The van der Waals surface area contributed by atoms with Crippen molar-refractivity contribution in [2.75, 3.05) is 0 Å². The van der Waals surface area contributed by atoms with Gasteiger partial charge in [-0.05, 0) is 109 Å². The van der Waals surface area contributed by atoms with Gasteiger partial charge in [-0.3, -0.25) is 9.55 Å². The second-order valence-corrected chi connectivity index (χ2v) is 18.7. The van der Waals surface area contributed by atoms with Gasteiger partial charge < -0.3 is 5.11 Å². The van der Waals surface area contributed by atoms with Crippen LogP contribution in [0.4, 0.5) is 0 Å². The van der Waals surface area contributed by atoms with Crippen molar-refractivity contribution in [1.82, 2.24) is 14.5 Å². The van der Waals surface area contributed by atoms with Gasteiger partial charge in [0, 0.05) is 40.8 Å². The van der Waals surface area contributed by atoms with Crippen LogP contribution in [0.2, 0.25) is 0 Å². The van der Waals surface area contributed by atoms with Gasteiger partial charge in [-0.15, -0.1) is 0 Å². The molecule has 0 saturated carbocycles. The van der Waals surface area contributed by atoms with Gasteiger partial charge in [0.15, 0.2) is 0 Å². The number of pyridine rings is 1. The molecule has 4 heteroatoms. The Kier molecular flexibility index (Phi) is 8.28. The number of hydrogen-bond acceptors (Lipinski definition) is 3. The molecule has 9 rings (SSSR count). The number of aromatic nitrogens is 3. The van der Waals surface area contributed by atoms with Crippen molar-refractivity contribution in [2.24, 2.45) is 0 Å². The number of hydrogen-bond donors (Lipinski definition) is 1. The van der Waals surface area contributed by atoms with Crippen LogP contribution < -0.4 is 0 Å². The Labute approximate surface area is 391 Å². The van der Waals surface area contributed by atoms with Crippen molar-refractivity contribution in [3.8, 4) is 78.6 Å². The summed E-state index contributed by atoms with van der Waals surface area (Å²) < 4.78 is 81.2. The molecule has 318 valence electrons. The van der Waals surface area contributed by atoms with Gasteiger partial charge in [0.2, 0.25) is 0 Å². The van der Waals surface area contributed by atoms with Gasteiger partial charge >= 0.3 is 0 Å². The molecule has 64 heavy (non-hydrogen) atoms. The number of phenols is 1. The molecule has 9 aromatic rings. The van der Waals surface area contributed by atoms with Crippen molar-refractivity contribution >= 4 is 11.0 Å². The molecule has 0 aliphatic rings. The Balaban J connectivity index is 1.43. The average molecular weight is 845 g/mol. The number of imidazole rings is 1. The highest BCUT2D eigenvalue weighted by atomic mass is 16.3. The van der Waals surface area contributed by atoms with Crippen LogP contribution >= 0.6 is 0 Å². The molecule has 1 N–H and O–H groups in total. The summed E-state index contributed by atoms with van der Waals surface area (Å²) in [7, 11) is 0. The van der Waals surface area contributed by atoms with E-state index >= 15 is 0 Å². The number of rotatable bonds is 7. The van der Waals surface area contributed by atoms with E-state index in [1.165, 1.54) is 12.1 Å². The van der Waals surface area contributed by atoms with Gasteiger partial charge in [0.1, 0.15) is 11.6 Å². The number of benzene rings is 7. The van der Waals surface area contributed by atoms with Crippen LogP contribution in [-0.2, 0) is 16.2 Å². The average Bonchev–Trinajstić information content (AvgIpc) is 3.72. The minimum absolute atomic E-state index is 0.0623. The standard InChI is InChI=1S/C60H57N3O/c1-58(2,3)46-33-44(32-45(34-46)52-36-43(30-31-61-52)40-22-15-11-16-23-40)48-26-19-27-54-55(48)62-57(50-37-47(59(4,5)6)38-51(56(50)64)60(7,8)9)63(54)53-29-28-42(39-20-13-10-14-21-39)35-49(53)41-24-17-12-18-25-41/h10-38,64H,1-9H3/i1D3,2D3,3D3. The van der Waals surface area contributed by atoms with Crippen LogP contribution in [0.5, 0.6) is 5.75 Å². The van der Waals surface area contributed by atoms with Crippen molar-refractivity contribution < 1.29 is 17.4 Å². The predicted molar refractivity (Wildman–Crippen MR) is 269 cm³/mol. The second-order valence-electron chi connectivity index (χ2n) is 18.7. The predicted octanol–water partition coefficient (Wildman–Crippen LogP) is 16.0. The third-order valence-corrected chi connectivity index (χ3v) is 12.0. The van der Waals surface area contributed by atoms with Gasteiger partial charge in [-0.25, -0.2) is 4.98 Å². The largest absolute Gasteiger partial charge is 0.507 e. The molecule has 0 aliphatic carbocycles. The third-order valence-electron chi connectivity index (χ3n) is 12.0. The first-order chi connectivity index (χ1) is 34.3. The molecular weight excluding hydrogens is 779 g/mol. The molecule has 0 unspecified atom stereocenters. The summed E-state index contributed by atoms with van der Waals surface area (Å²) in [5, 5.41) is 12.6. The van der Waals surface area contributed by atoms with Crippen LogP contribution in [0.1, 0.15) is 91.1 Å². The Morgan fingerprint density at radius 3 is 1.70 bits per heavy atom. The minimum Gasteiger partial charge on any atom is -0.507 e. The Bertz CT molecular complexity index is 3460. The van der Waals surface area contributed by atoms with Crippen molar-refractivity contribution in [3.63, 3.8) is 0 Å². The molecule has 0 aliphatic heterocycles. The first-order valence-corrected chi connectivity index (χ1v) is 21.6. The maximum atomic E-state index is 12.6. The van der Waals surface area contributed by atoms with E-state index in [2.05, 4.69) is 77.9 Å². The van der Waals surface area contributed by atoms with Crippen molar-refractivity contribution in [1.29, 1.82) is 0 Å². The number of aromatic hydroxyl groups is 1. The molecule has 0 radical (unpaired) electrons. The van der Waals surface area contributed by atoms with Crippen molar-refractivity contribution in [2.45, 2.75) is 78.3 Å². The Morgan fingerprint density at radius 2 is 1.08 bits per heavy atom. The molecule has 0 spiro atoms. The highest BCUT2D eigenvalue weighted by Crippen LogP contribution is 2.46. The van der Waals surface area contributed by atoms with E-state index < -0.39 is 36.9 Å². The molecule has 4 nitrogen and oxygen atoms in total. The van der Waals surface area contributed by atoms with Crippen LogP contribution in [0.3, 0.4) is 0 Å². The van der Waals surface area contributed by atoms with Crippen molar-refractivity contribution in [3.05, 3.63) is 193 Å². The molecule has 0 amide bonds. The van der Waals surface area contributed by atoms with Crippen LogP contribution in [0.15, 0.2) is 176 Å². The van der Waals surface area contributed by atoms with Gasteiger partial charge in [0.25, 0.3) is 0 Å². The van der Waals surface area contributed by atoms with Crippen LogP contribution in [0.25, 0.3) is 83.9 Å². The molecule has 0 fully saturated rings. The number of fused-ring (bicyclic) bond motifs is 1. The summed E-state index contributed by atoms with van der Waals surface area (Å²) in [6.07, 6.45) is 1.61. The first kappa shape index (κ1) is 32.6. The highest BCUT2D eigenvalue weighted by molar-refractivity contribution is 5.98. The Hall–Kier alpha value is -7.04. The topological polar surface area (TPSA) is 50.9 Å². The van der Waals surface area contributed by atoms with E-state index in [0.29, 0.717) is 44.8 Å². The Morgan fingerprint density at radius 1 is 0.469 bits per heavy atom. The fourth-order valence-corrected chi connectivity index (χ4v) is 8.50. The third kappa shape index (κ3) is 8.17. The molecule has 2 heterocycles. The molecule has 0 atom stereocenters. The molecule has 0 saturated heterocycles. The van der Waals surface area contributed by atoms with E-state index in [1.807, 2.05) is 120 Å². The fraction of sp³-hybridized carbons (Fsp3) is 0.200. The summed E-state index contributed by atoms with van der Waals surface area (Å²) in [6.45, 7) is 1.92. The maximum absolute atomic E-state index is 12.6. The molecule has 2 aromatic heterocycles. The molecule has 7 aromatic carbocycles. The highest BCUT2D eigenvalue weighted by Gasteiger charge is 2.29. The summed E-state index contributed by atoms with van der Waals surface area (Å²) in [5.41, 5.74) is 6.32. The summed E-state index contributed by atoms with van der Waals surface area (Å²) in [4.78, 5) is 10.2. The van der Waals surface area contributed by atoms with E-state index in [-0.39, 0.29) is 11.2 Å². The van der Waals surface area contributed by atoms with E-state index in [4.69, 9.17) is 22.3 Å². The lowest BCUT2D eigenvalue weighted by molar-refractivity contribution is 0.446. The van der Waals surface area contributed by atoms with Crippen LogP contribution in [-0.4, -0.2) is 19.6 Å². The quantitative estimate of drug-likeness (QED) is 0.174. The fourth-order valence-electron chi connectivity index (χ4n) is 8.50. The minimum atomic E-state index is -3.54. The molecular formula is C60H57N3O. The monoisotopic (exact) mass is 845 g/mol. The number of para-hydroxylation sites is 1. The smallest absolute Gasteiger partial charge is 0.149 e. The van der Waals surface area contributed by atoms with E-state index in [1.54, 1.807) is 12.3 Å². The second kappa shape index (κ2) is 16.3. The first-order valence-electron chi connectivity index (χ1n) is 26.1. The lowest BCUT2D eigenvalue weighted by Gasteiger charge is -2.27. The van der Waals surface area contributed by atoms with Crippen LogP contribution in [0, 0.1) is 0 Å².